The van der Waals surface area contributed by atoms with Gasteiger partial charge in [-0.05, 0) is 24.6 Å². The minimum atomic E-state index is 0.0636. The molecule has 3 heteroatoms. The Morgan fingerprint density at radius 3 is 2.85 bits per heavy atom. The van der Waals surface area contributed by atoms with Gasteiger partial charge in [-0.3, -0.25) is 4.79 Å². The first-order valence-corrected chi connectivity index (χ1v) is 3.89. The van der Waals surface area contributed by atoms with Crippen molar-refractivity contribution in [3.05, 3.63) is 29.5 Å². The van der Waals surface area contributed by atoms with E-state index in [0.717, 1.165) is 10.9 Å². The van der Waals surface area contributed by atoms with Gasteiger partial charge in [0.15, 0.2) is 23.4 Å². The molecule has 1 aromatic carbocycles. The lowest BCUT2D eigenvalue weighted by molar-refractivity contribution is 0.110. The third-order valence-corrected chi connectivity index (χ3v) is 2.02. The Labute approximate surface area is 74.6 Å². The lowest BCUT2D eigenvalue weighted by Crippen LogP contribution is -1.72. The molecule has 3 nitrogen and oxygen atoms in total. The molecule has 0 fully saturated rings. The van der Waals surface area contributed by atoms with Gasteiger partial charge in [0.2, 0.25) is 0 Å². The molecule has 0 saturated carbocycles. The summed E-state index contributed by atoms with van der Waals surface area (Å²) in [7, 11) is 0. The Kier molecular flexibility index (Phi) is 1.59. The van der Waals surface area contributed by atoms with Gasteiger partial charge in [0.1, 0.15) is 0 Å². The molecule has 1 heterocycles. The summed E-state index contributed by atoms with van der Waals surface area (Å²) < 4.78 is 5.11. The summed E-state index contributed by atoms with van der Waals surface area (Å²) in [5.74, 6) is 0.299. The van der Waals surface area contributed by atoms with Crippen LogP contribution in [0.4, 0.5) is 0 Å². The zero-order chi connectivity index (χ0) is 9.42. The fourth-order valence-electron chi connectivity index (χ4n) is 1.32. The number of carbonyl (C=O) groups excluding carboxylic acids is 1. The van der Waals surface area contributed by atoms with Gasteiger partial charge in [0, 0.05) is 5.39 Å². The summed E-state index contributed by atoms with van der Waals surface area (Å²) in [5.41, 5.74) is 1.35. The van der Waals surface area contributed by atoms with Crippen LogP contribution in [-0.4, -0.2) is 11.4 Å². The summed E-state index contributed by atoms with van der Waals surface area (Å²) in [6.07, 6.45) is 0.624. The topological polar surface area (TPSA) is 50.4 Å². The van der Waals surface area contributed by atoms with E-state index < -0.39 is 0 Å². The summed E-state index contributed by atoms with van der Waals surface area (Å²) >= 11 is 0. The Morgan fingerprint density at radius 1 is 1.46 bits per heavy atom. The van der Waals surface area contributed by atoms with E-state index in [0.29, 0.717) is 11.9 Å². The molecule has 0 aliphatic rings. The van der Waals surface area contributed by atoms with Crippen LogP contribution in [0.1, 0.15) is 16.1 Å². The van der Waals surface area contributed by atoms with E-state index >= 15 is 0 Å². The zero-order valence-corrected chi connectivity index (χ0v) is 7.07. The van der Waals surface area contributed by atoms with Crippen LogP contribution in [0.2, 0.25) is 0 Å². The average Bonchev–Trinajstić information content (AvgIpc) is 2.56. The first-order chi connectivity index (χ1) is 6.22. The third-order valence-electron chi connectivity index (χ3n) is 2.02. The van der Waals surface area contributed by atoms with Crippen LogP contribution in [0.15, 0.2) is 22.6 Å². The van der Waals surface area contributed by atoms with E-state index in [9.17, 15) is 9.90 Å². The van der Waals surface area contributed by atoms with Crippen molar-refractivity contribution in [1.29, 1.82) is 0 Å². The number of hydrogen-bond donors (Lipinski definition) is 1. The molecule has 0 atom stereocenters. The van der Waals surface area contributed by atoms with Gasteiger partial charge < -0.3 is 9.52 Å². The number of aryl methyl sites for hydroxylation is 1. The van der Waals surface area contributed by atoms with Gasteiger partial charge >= 0.3 is 0 Å². The highest BCUT2D eigenvalue weighted by Crippen LogP contribution is 2.29. The summed E-state index contributed by atoms with van der Waals surface area (Å²) in [6, 6.07) is 4.95. The zero-order valence-electron chi connectivity index (χ0n) is 7.07. The number of phenols is 1. The van der Waals surface area contributed by atoms with Crippen LogP contribution in [0.25, 0.3) is 11.0 Å². The van der Waals surface area contributed by atoms with E-state index in [1.54, 1.807) is 18.2 Å². The van der Waals surface area contributed by atoms with Crippen molar-refractivity contribution in [1.82, 2.24) is 0 Å². The summed E-state index contributed by atoms with van der Waals surface area (Å²) in [5, 5.41) is 10.2. The van der Waals surface area contributed by atoms with Crippen molar-refractivity contribution in [3.8, 4) is 5.75 Å². The second-order valence-corrected chi connectivity index (χ2v) is 2.91. The standard InChI is InChI=1S/C10H8O3/c1-6-2-3-9(12)10-8(6)4-7(5-11)13-10/h2-5,12H,1H3. The van der Waals surface area contributed by atoms with Crippen molar-refractivity contribution in [2.75, 3.05) is 0 Å². The highest BCUT2D eigenvalue weighted by molar-refractivity contribution is 5.90. The van der Waals surface area contributed by atoms with Gasteiger partial charge in [-0.1, -0.05) is 6.07 Å². The van der Waals surface area contributed by atoms with E-state index in [1.807, 2.05) is 6.92 Å². The molecule has 0 aliphatic carbocycles. The first-order valence-electron chi connectivity index (χ1n) is 3.89. The van der Waals surface area contributed by atoms with Crippen LogP contribution in [-0.2, 0) is 0 Å². The molecule has 0 aliphatic heterocycles. The maximum atomic E-state index is 10.4. The number of aldehydes is 1. The molecule has 66 valence electrons. The fraction of sp³-hybridized carbons (Fsp3) is 0.100. The number of benzene rings is 1. The van der Waals surface area contributed by atoms with Gasteiger partial charge in [0.05, 0.1) is 0 Å². The maximum absolute atomic E-state index is 10.4. The highest BCUT2D eigenvalue weighted by Gasteiger charge is 2.08. The van der Waals surface area contributed by atoms with Crippen LogP contribution in [0.5, 0.6) is 5.75 Å². The average molecular weight is 176 g/mol. The Bertz CT molecular complexity index is 429. The quantitative estimate of drug-likeness (QED) is 0.678. The van der Waals surface area contributed by atoms with Gasteiger partial charge in [0.25, 0.3) is 0 Å². The molecule has 0 bridgehead atoms. The summed E-state index contributed by atoms with van der Waals surface area (Å²) in [4.78, 5) is 10.4. The molecule has 0 amide bonds. The number of rotatable bonds is 1. The molecule has 0 spiro atoms. The minimum absolute atomic E-state index is 0.0636. The SMILES string of the molecule is Cc1ccc(O)c2oc(C=O)cc12. The van der Waals surface area contributed by atoms with Crippen LogP contribution >= 0.6 is 0 Å². The minimum Gasteiger partial charge on any atom is -0.504 e. The van der Waals surface area contributed by atoms with Crippen molar-refractivity contribution in [2.24, 2.45) is 0 Å². The smallest absolute Gasteiger partial charge is 0.185 e. The van der Waals surface area contributed by atoms with Crippen molar-refractivity contribution >= 4 is 17.3 Å². The van der Waals surface area contributed by atoms with Gasteiger partial charge in [-0.25, -0.2) is 0 Å². The molecule has 1 N–H and O–H groups in total. The monoisotopic (exact) mass is 176 g/mol. The summed E-state index contributed by atoms with van der Waals surface area (Å²) in [6.45, 7) is 1.89. The van der Waals surface area contributed by atoms with Gasteiger partial charge in [-0.15, -0.1) is 0 Å². The Balaban J connectivity index is 2.87. The molecule has 13 heavy (non-hydrogen) atoms. The number of phenolic OH excluding ortho intramolecular Hbond substituents is 1. The lowest BCUT2D eigenvalue weighted by atomic mass is 10.1. The molecular formula is C10H8O3. The predicted octanol–water partition coefficient (Wildman–Crippen LogP) is 2.26. The maximum Gasteiger partial charge on any atom is 0.185 e. The molecule has 0 radical (unpaired) electrons. The fourth-order valence-corrected chi connectivity index (χ4v) is 1.32. The second-order valence-electron chi connectivity index (χ2n) is 2.91. The first kappa shape index (κ1) is 7.86. The van der Waals surface area contributed by atoms with Gasteiger partial charge in [-0.2, -0.15) is 0 Å². The van der Waals surface area contributed by atoms with Crippen molar-refractivity contribution < 1.29 is 14.3 Å². The van der Waals surface area contributed by atoms with E-state index in [1.165, 1.54) is 0 Å². The largest absolute Gasteiger partial charge is 0.504 e. The van der Waals surface area contributed by atoms with E-state index in [4.69, 9.17) is 4.42 Å². The molecule has 0 saturated heterocycles. The molecule has 1 aromatic heterocycles. The van der Waals surface area contributed by atoms with Crippen molar-refractivity contribution in [2.45, 2.75) is 6.92 Å². The number of furan rings is 1. The Morgan fingerprint density at radius 2 is 2.23 bits per heavy atom. The Hall–Kier alpha value is -1.77. The highest BCUT2D eigenvalue weighted by atomic mass is 16.4. The second kappa shape index (κ2) is 2.62. The number of carbonyl (C=O) groups is 1. The van der Waals surface area contributed by atoms with Crippen molar-refractivity contribution in [3.63, 3.8) is 0 Å². The number of fused-ring (bicyclic) bond motifs is 1. The van der Waals surface area contributed by atoms with E-state index in [-0.39, 0.29) is 11.5 Å². The molecule has 2 rings (SSSR count). The molecule has 2 aromatic rings. The van der Waals surface area contributed by atoms with E-state index in [2.05, 4.69) is 0 Å². The molecule has 0 unspecified atom stereocenters. The lowest BCUT2D eigenvalue weighted by Gasteiger charge is -1.95. The number of hydrogen-bond acceptors (Lipinski definition) is 3. The van der Waals surface area contributed by atoms with Crippen LogP contribution < -0.4 is 0 Å². The van der Waals surface area contributed by atoms with Crippen LogP contribution in [0.3, 0.4) is 0 Å². The third kappa shape index (κ3) is 1.09. The predicted molar refractivity (Wildman–Crippen MR) is 48.0 cm³/mol. The van der Waals surface area contributed by atoms with Crippen LogP contribution in [0, 0.1) is 6.92 Å². The normalized spacial score (nSPS) is 10.5. The number of aromatic hydroxyl groups is 1. The molecular weight excluding hydrogens is 168 g/mol.